The molecule has 3 aromatic rings. The molecular formula is C19H19N3O2. The highest BCUT2D eigenvalue weighted by atomic mass is 16.5. The fraction of sp³-hybridized carbons (Fsp3) is 0.263. The van der Waals surface area contributed by atoms with E-state index < -0.39 is 0 Å². The van der Waals surface area contributed by atoms with Crippen LogP contribution in [0.25, 0.3) is 11.0 Å². The molecule has 1 amide bonds. The lowest BCUT2D eigenvalue weighted by Crippen LogP contribution is -2.24. The maximum Gasteiger partial charge on any atom is 0.227 e. The third kappa shape index (κ3) is 2.52. The molecule has 1 aliphatic rings. The Labute approximate surface area is 140 Å². The highest BCUT2D eigenvalue weighted by Gasteiger charge is 2.33. The van der Waals surface area contributed by atoms with E-state index in [1.165, 1.54) is 5.56 Å². The summed E-state index contributed by atoms with van der Waals surface area (Å²) >= 11 is 0. The van der Waals surface area contributed by atoms with Crippen LogP contribution in [0.1, 0.15) is 23.7 Å². The van der Waals surface area contributed by atoms with E-state index in [1.807, 2.05) is 35.2 Å². The SMILES string of the molecule is COc1cccc(N2C[C@H](c3nc4ccc(C)cc4[nH]3)CC2=O)c1. The largest absolute Gasteiger partial charge is 0.497 e. The number of H-pyrrole nitrogens is 1. The molecule has 0 radical (unpaired) electrons. The molecule has 2 heterocycles. The first-order chi connectivity index (χ1) is 11.6. The van der Waals surface area contributed by atoms with Crippen LogP contribution in [0.3, 0.4) is 0 Å². The van der Waals surface area contributed by atoms with Gasteiger partial charge in [0.15, 0.2) is 0 Å². The standard InChI is InChI=1S/C19H19N3O2/c1-12-6-7-16-17(8-12)21-19(20-16)13-9-18(23)22(11-13)14-4-3-5-15(10-14)24-2/h3-8,10,13H,9,11H2,1-2H3,(H,20,21)/t13-/m1/s1. The lowest BCUT2D eigenvalue weighted by molar-refractivity contribution is -0.117. The van der Waals surface area contributed by atoms with Gasteiger partial charge in [0.2, 0.25) is 5.91 Å². The lowest BCUT2D eigenvalue weighted by Gasteiger charge is -2.17. The van der Waals surface area contributed by atoms with Gasteiger partial charge in [-0.25, -0.2) is 4.98 Å². The first-order valence-electron chi connectivity index (χ1n) is 8.05. The molecule has 4 rings (SSSR count). The number of imidazole rings is 1. The molecular weight excluding hydrogens is 302 g/mol. The van der Waals surface area contributed by atoms with Crippen LogP contribution in [-0.4, -0.2) is 29.5 Å². The molecule has 1 aliphatic heterocycles. The van der Waals surface area contributed by atoms with Crippen LogP contribution in [0, 0.1) is 6.92 Å². The number of hydrogen-bond donors (Lipinski definition) is 1. The molecule has 1 fully saturated rings. The number of nitrogens with one attached hydrogen (secondary N) is 1. The van der Waals surface area contributed by atoms with Crippen molar-refractivity contribution < 1.29 is 9.53 Å². The molecule has 5 nitrogen and oxygen atoms in total. The Bertz CT molecular complexity index is 916. The summed E-state index contributed by atoms with van der Waals surface area (Å²) in [6.45, 7) is 2.69. The van der Waals surface area contributed by atoms with Gasteiger partial charge in [0.25, 0.3) is 0 Å². The van der Waals surface area contributed by atoms with Crippen molar-refractivity contribution in [1.29, 1.82) is 0 Å². The predicted octanol–water partition coefficient (Wildman–Crippen LogP) is 3.40. The Morgan fingerprint density at radius 3 is 2.96 bits per heavy atom. The number of ether oxygens (including phenoxy) is 1. The van der Waals surface area contributed by atoms with Crippen LogP contribution in [-0.2, 0) is 4.79 Å². The minimum atomic E-state index is 0.0800. The minimum absolute atomic E-state index is 0.0800. The van der Waals surface area contributed by atoms with Crippen LogP contribution in [0.4, 0.5) is 5.69 Å². The molecule has 122 valence electrons. The third-order valence-corrected chi connectivity index (χ3v) is 4.53. The van der Waals surface area contributed by atoms with Crippen LogP contribution < -0.4 is 9.64 Å². The number of methoxy groups -OCH3 is 1. The zero-order valence-corrected chi connectivity index (χ0v) is 13.7. The molecule has 0 aliphatic carbocycles. The number of carbonyl (C=O) groups is 1. The molecule has 0 bridgehead atoms. The number of aromatic amines is 1. The Morgan fingerprint density at radius 2 is 2.12 bits per heavy atom. The molecule has 1 N–H and O–H groups in total. The van der Waals surface area contributed by atoms with Crippen LogP contribution in [0.2, 0.25) is 0 Å². The zero-order valence-electron chi connectivity index (χ0n) is 13.7. The molecule has 0 unspecified atom stereocenters. The summed E-state index contributed by atoms with van der Waals surface area (Å²) in [6.07, 6.45) is 0.468. The van der Waals surface area contributed by atoms with E-state index in [2.05, 4.69) is 29.0 Å². The number of anilines is 1. The van der Waals surface area contributed by atoms with Crippen molar-refractivity contribution >= 4 is 22.6 Å². The molecule has 1 atom stereocenters. The van der Waals surface area contributed by atoms with Gasteiger partial charge in [-0.2, -0.15) is 0 Å². The van der Waals surface area contributed by atoms with Gasteiger partial charge in [-0.05, 0) is 36.8 Å². The zero-order chi connectivity index (χ0) is 16.7. The maximum absolute atomic E-state index is 12.5. The topological polar surface area (TPSA) is 58.2 Å². The Morgan fingerprint density at radius 1 is 1.25 bits per heavy atom. The second-order valence-corrected chi connectivity index (χ2v) is 6.25. The fourth-order valence-electron chi connectivity index (χ4n) is 3.26. The summed E-state index contributed by atoms with van der Waals surface area (Å²) in [5.74, 6) is 1.83. The van der Waals surface area contributed by atoms with E-state index in [0.29, 0.717) is 13.0 Å². The van der Waals surface area contributed by atoms with Gasteiger partial charge in [-0.1, -0.05) is 12.1 Å². The Kier molecular flexibility index (Phi) is 3.49. The average Bonchev–Trinajstić information content (AvgIpc) is 3.17. The monoisotopic (exact) mass is 321 g/mol. The number of hydrogen-bond acceptors (Lipinski definition) is 3. The minimum Gasteiger partial charge on any atom is -0.497 e. The van der Waals surface area contributed by atoms with Crippen LogP contribution in [0.5, 0.6) is 5.75 Å². The van der Waals surface area contributed by atoms with E-state index in [4.69, 9.17) is 4.74 Å². The number of carbonyl (C=O) groups excluding carboxylic acids is 1. The van der Waals surface area contributed by atoms with Crippen LogP contribution >= 0.6 is 0 Å². The van der Waals surface area contributed by atoms with Gasteiger partial charge < -0.3 is 14.6 Å². The van der Waals surface area contributed by atoms with Crippen molar-refractivity contribution in [1.82, 2.24) is 9.97 Å². The quantitative estimate of drug-likeness (QED) is 0.804. The summed E-state index contributed by atoms with van der Waals surface area (Å²) in [5.41, 5.74) is 4.03. The lowest BCUT2D eigenvalue weighted by atomic mass is 10.1. The van der Waals surface area contributed by atoms with Gasteiger partial charge in [0, 0.05) is 30.6 Å². The number of aromatic nitrogens is 2. The highest BCUT2D eigenvalue weighted by molar-refractivity contribution is 5.96. The molecule has 1 saturated heterocycles. The number of aryl methyl sites for hydroxylation is 1. The molecule has 1 aromatic heterocycles. The second kappa shape index (κ2) is 5.67. The average molecular weight is 321 g/mol. The first kappa shape index (κ1) is 14.8. The van der Waals surface area contributed by atoms with Crippen molar-refractivity contribution in [2.75, 3.05) is 18.6 Å². The van der Waals surface area contributed by atoms with Crippen molar-refractivity contribution in [3.8, 4) is 5.75 Å². The number of rotatable bonds is 3. The van der Waals surface area contributed by atoms with Crippen molar-refractivity contribution in [2.45, 2.75) is 19.3 Å². The van der Waals surface area contributed by atoms with E-state index in [1.54, 1.807) is 7.11 Å². The number of nitrogens with zero attached hydrogens (tertiary/aromatic N) is 2. The van der Waals surface area contributed by atoms with Crippen molar-refractivity contribution in [3.63, 3.8) is 0 Å². The van der Waals surface area contributed by atoms with Gasteiger partial charge in [-0.3, -0.25) is 4.79 Å². The normalized spacial score (nSPS) is 17.7. The van der Waals surface area contributed by atoms with Crippen molar-refractivity contribution in [3.05, 3.63) is 53.9 Å². The summed E-state index contributed by atoms with van der Waals surface area (Å²) < 4.78 is 5.26. The molecule has 24 heavy (non-hydrogen) atoms. The fourth-order valence-corrected chi connectivity index (χ4v) is 3.26. The summed E-state index contributed by atoms with van der Waals surface area (Å²) in [6, 6.07) is 13.8. The van der Waals surface area contributed by atoms with Crippen LogP contribution in [0.15, 0.2) is 42.5 Å². The van der Waals surface area contributed by atoms with Gasteiger partial charge in [0.05, 0.1) is 18.1 Å². The highest BCUT2D eigenvalue weighted by Crippen LogP contribution is 2.32. The summed E-state index contributed by atoms with van der Waals surface area (Å²) in [4.78, 5) is 22.3. The smallest absolute Gasteiger partial charge is 0.227 e. The second-order valence-electron chi connectivity index (χ2n) is 6.25. The van der Waals surface area contributed by atoms with E-state index in [-0.39, 0.29) is 11.8 Å². The number of benzene rings is 2. The van der Waals surface area contributed by atoms with E-state index in [0.717, 1.165) is 28.3 Å². The summed E-state index contributed by atoms with van der Waals surface area (Å²) in [7, 11) is 1.63. The third-order valence-electron chi connectivity index (χ3n) is 4.53. The van der Waals surface area contributed by atoms with Gasteiger partial charge in [-0.15, -0.1) is 0 Å². The molecule has 2 aromatic carbocycles. The number of fused-ring (bicyclic) bond motifs is 1. The van der Waals surface area contributed by atoms with Gasteiger partial charge in [0.1, 0.15) is 11.6 Å². The maximum atomic E-state index is 12.5. The Balaban J connectivity index is 1.62. The first-order valence-corrected chi connectivity index (χ1v) is 8.05. The van der Waals surface area contributed by atoms with E-state index >= 15 is 0 Å². The van der Waals surface area contributed by atoms with Gasteiger partial charge >= 0.3 is 0 Å². The molecule has 0 spiro atoms. The molecule has 5 heteroatoms. The van der Waals surface area contributed by atoms with Crippen molar-refractivity contribution in [2.24, 2.45) is 0 Å². The Hall–Kier alpha value is -2.82. The number of amides is 1. The van der Waals surface area contributed by atoms with E-state index in [9.17, 15) is 4.79 Å². The molecule has 0 saturated carbocycles. The predicted molar refractivity (Wildman–Crippen MR) is 93.5 cm³/mol. The summed E-state index contributed by atoms with van der Waals surface area (Å²) in [5, 5.41) is 0.